The van der Waals surface area contributed by atoms with Gasteiger partial charge in [0.2, 0.25) is 0 Å². The Bertz CT molecular complexity index is 1910. The molecule has 0 N–H and O–H groups in total. The summed E-state index contributed by atoms with van der Waals surface area (Å²) in [5, 5.41) is 7.98. The molecule has 0 aliphatic rings. The summed E-state index contributed by atoms with van der Waals surface area (Å²) >= 11 is 2.27. The maximum Gasteiger partial charge on any atom is -0.0114 e. The second-order valence-electron chi connectivity index (χ2n) is 10.6. The van der Waals surface area contributed by atoms with E-state index in [0.29, 0.717) is 0 Å². The molecule has 42 heavy (non-hydrogen) atoms. The van der Waals surface area contributed by atoms with Crippen molar-refractivity contribution in [2.75, 3.05) is 0 Å². The van der Waals surface area contributed by atoms with Crippen molar-refractivity contribution < 1.29 is 19.2 Å². The molecule has 0 aromatic heterocycles. The summed E-state index contributed by atoms with van der Waals surface area (Å²) in [4.78, 5) is 0. The Hall–Kier alpha value is -2.91. The van der Waals surface area contributed by atoms with Crippen LogP contribution in [0.15, 0.2) is 133 Å². The molecule has 0 heterocycles. The number of halogens is 2. The van der Waals surface area contributed by atoms with E-state index in [1.807, 2.05) is 0 Å². The van der Waals surface area contributed by atoms with E-state index in [1.165, 1.54) is 65.7 Å². The van der Waals surface area contributed by atoms with E-state index in [2.05, 4.69) is 180 Å². The number of fused-ring (bicyclic) bond motifs is 3. The molecule has 210 valence electrons. The minimum absolute atomic E-state index is 0. The smallest absolute Gasteiger partial charge is 0.0114 e. The van der Waals surface area contributed by atoms with Gasteiger partial charge in [-0.05, 0) is 21.9 Å². The van der Waals surface area contributed by atoms with Gasteiger partial charge >= 0.3 is 38.5 Å². The molecule has 0 amide bonds. The largest absolute Gasteiger partial charge is 0.165 e. The fourth-order valence-electron chi connectivity index (χ4n) is 5.33. The SMILES string of the molecule is C[Si](C)=[Ti+2].Cc1cc2c(-c3cccc4ccccc34)cccc2[cH-]1.Cc1cc2c(-c3ccccc3)cccc2[cH-]1.Cl.Cl. The average molecular weight is 640 g/mol. The third-order valence-corrected chi connectivity index (χ3v) is 6.95. The van der Waals surface area contributed by atoms with Crippen molar-refractivity contribution in [1.29, 1.82) is 0 Å². The molecule has 0 nitrogen and oxygen atoms in total. The van der Waals surface area contributed by atoms with Crippen LogP contribution in [0.3, 0.4) is 0 Å². The molecule has 7 aromatic carbocycles. The van der Waals surface area contributed by atoms with Crippen molar-refractivity contribution in [3.8, 4) is 22.3 Å². The molecule has 0 saturated heterocycles. The topological polar surface area (TPSA) is 0 Å². The zero-order chi connectivity index (χ0) is 28.1. The Balaban J connectivity index is 0.000000200. The minimum atomic E-state index is 0. The summed E-state index contributed by atoms with van der Waals surface area (Å²) in [6.07, 6.45) is 0.120. The predicted octanol–water partition coefficient (Wildman–Crippen LogP) is 11.8. The average Bonchev–Trinajstić information content (AvgIpc) is 3.54. The molecule has 7 aromatic rings. The standard InChI is InChI=1S/C20H15.C16H13.C2H6Si.2ClH.Ti/c1-14-12-16-8-5-11-19(20(16)13-14)18-10-4-7-15-6-2-3-9-17(15)18;1-12-10-14-8-5-9-15(16(14)11-12)13-6-3-2-4-7-13;1-3-2;;;/h2-13H,1H3;2-11H,1H3;1-2H3;2*1H;/q2*-1;;;;+2. The fraction of sp³-hybridized carbons (Fsp3) is 0.105. The van der Waals surface area contributed by atoms with E-state index in [0.717, 1.165) is 0 Å². The van der Waals surface area contributed by atoms with Crippen LogP contribution in [0.2, 0.25) is 13.1 Å². The zero-order valence-corrected chi connectivity index (χ0v) is 28.7. The summed E-state index contributed by atoms with van der Waals surface area (Å²) in [7, 11) is 0. The van der Waals surface area contributed by atoms with Gasteiger partial charge in [0.15, 0.2) is 0 Å². The van der Waals surface area contributed by atoms with Gasteiger partial charge in [-0.25, -0.2) is 0 Å². The number of rotatable bonds is 2. The summed E-state index contributed by atoms with van der Waals surface area (Å²) in [6, 6.07) is 47.8. The van der Waals surface area contributed by atoms with E-state index >= 15 is 0 Å². The monoisotopic (exact) mass is 638 g/mol. The Kier molecular flexibility index (Phi) is 12.4. The predicted molar refractivity (Wildman–Crippen MR) is 189 cm³/mol. The summed E-state index contributed by atoms with van der Waals surface area (Å²) in [6.45, 7) is 8.84. The summed E-state index contributed by atoms with van der Waals surface area (Å²) in [5.74, 6) is 0. The van der Waals surface area contributed by atoms with Gasteiger partial charge in [0.05, 0.1) is 0 Å². The quantitative estimate of drug-likeness (QED) is 0.130. The first-order chi connectivity index (χ1) is 19.4. The van der Waals surface area contributed by atoms with Crippen molar-refractivity contribution in [2.45, 2.75) is 26.9 Å². The fourth-order valence-corrected chi connectivity index (χ4v) is 5.33. The van der Waals surface area contributed by atoms with Gasteiger partial charge in [-0.3, -0.25) is 0 Å². The van der Waals surface area contributed by atoms with Crippen molar-refractivity contribution >= 4 is 63.3 Å². The Morgan fingerprint density at radius 2 is 0.929 bits per heavy atom. The molecular formula is C38H36Cl2SiTi. The number of hydrogen-bond donors (Lipinski definition) is 0. The molecule has 0 radical (unpaired) electrons. The maximum absolute atomic E-state index is 2.28. The molecule has 7 rings (SSSR count). The second kappa shape index (κ2) is 15.5. The van der Waals surface area contributed by atoms with E-state index in [-0.39, 0.29) is 31.0 Å². The Labute approximate surface area is 274 Å². The van der Waals surface area contributed by atoms with Gasteiger partial charge in [0.25, 0.3) is 0 Å². The molecule has 0 atom stereocenters. The van der Waals surface area contributed by atoms with Crippen LogP contribution in [0.5, 0.6) is 0 Å². The normalized spacial score (nSPS) is 10.1. The van der Waals surface area contributed by atoms with Crippen LogP contribution < -0.4 is 0 Å². The third-order valence-electron chi connectivity index (χ3n) is 6.95. The van der Waals surface area contributed by atoms with Crippen molar-refractivity contribution in [2.24, 2.45) is 0 Å². The van der Waals surface area contributed by atoms with Gasteiger partial charge < -0.3 is 0 Å². The zero-order valence-electron chi connectivity index (χ0n) is 24.5. The summed E-state index contributed by atoms with van der Waals surface area (Å²) < 4.78 is 0. The number of aryl methyl sites for hydroxylation is 2. The van der Waals surface area contributed by atoms with Crippen LogP contribution in [0, 0.1) is 13.8 Å². The molecule has 0 fully saturated rings. The van der Waals surface area contributed by atoms with Crippen molar-refractivity contribution in [3.63, 3.8) is 0 Å². The molecule has 0 bridgehead atoms. The summed E-state index contributed by atoms with van der Waals surface area (Å²) in [5.41, 5.74) is 7.92. The molecule has 4 heteroatoms. The second-order valence-corrected chi connectivity index (χ2v) is 17.3. The minimum Gasteiger partial charge on any atom is -0.165 e. The van der Waals surface area contributed by atoms with Crippen LogP contribution in [-0.4, -0.2) is 6.19 Å². The number of benzene rings is 5. The van der Waals surface area contributed by atoms with Gasteiger partial charge in [0, 0.05) is 0 Å². The van der Waals surface area contributed by atoms with Crippen LogP contribution in [0.1, 0.15) is 11.1 Å². The van der Waals surface area contributed by atoms with E-state index in [1.54, 1.807) is 0 Å². The molecule has 0 aliphatic heterocycles. The first-order valence-corrected chi connectivity index (χ1v) is 18.6. The van der Waals surface area contributed by atoms with E-state index < -0.39 is 0 Å². The van der Waals surface area contributed by atoms with E-state index in [4.69, 9.17) is 0 Å². The third kappa shape index (κ3) is 7.92. The van der Waals surface area contributed by atoms with Gasteiger partial charge in [0.1, 0.15) is 0 Å². The molecule has 0 aliphatic carbocycles. The van der Waals surface area contributed by atoms with Crippen LogP contribution in [0.25, 0.3) is 54.6 Å². The van der Waals surface area contributed by atoms with Crippen molar-refractivity contribution in [3.05, 3.63) is 145 Å². The van der Waals surface area contributed by atoms with Crippen LogP contribution in [0.4, 0.5) is 0 Å². The van der Waals surface area contributed by atoms with Gasteiger partial charge in [-0.1, -0.05) is 110 Å². The first kappa shape index (κ1) is 33.6. The van der Waals surface area contributed by atoms with Crippen LogP contribution in [-0.2, 0) is 19.2 Å². The molecular weight excluding hydrogens is 603 g/mol. The van der Waals surface area contributed by atoms with Gasteiger partial charge in [-0.15, -0.1) is 93.9 Å². The molecule has 0 unspecified atom stereocenters. The molecule has 0 spiro atoms. The first-order valence-electron chi connectivity index (χ1n) is 13.8. The Morgan fingerprint density at radius 1 is 0.500 bits per heavy atom. The van der Waals surface area contributed by atoms with Crippen LogP contribution >= 0.6 is 24.8 Å². The van der Waals surface area contributed by atoms with Gasteiger partial charge in [-0.2, -0.15) is 12.1 Å². The molecule has 0 saturated carbocycles. The van der Waals surface area contributed by atoms with E-state index in [9.17, 15) is 0 Å². The van der Waals surface area contributed by atoms with Crippen molar-refractivity contribution in [1.82, 2.24) is 0 Å². The number of hydrogen-bond acceptors (Lipinski definition) is 0. The Morgan fingerprint density at radius 3 is 1.52 bits per heavy atom. The maximum atomic E-state index is 2.28.